The first-order valence-electron chi connectivity index (χ1n) is 4.24. The minimum atomic E-state index is 1.01. The lowest BCUT2D eigenvalue weighted by molar-refractivity contribution is 1.14. The molecule has 12 heavy (non-hydrogen) atoms. The number of nitrogens with zero attached hydrogens (tertiary/aromatic N) is 1. The van der Waals surface area contributed by atoms with Crippen LogP contribution in [0.2, 0.25) is 0 Å². The van der Waals surface area contributed by atoms with Crippen molar-refractivity contribution in [3.8, 4) is 0 Å². The van der Waals surface area contributed by atoms with Gasteiger partial charge in [-0.3, -0.25) is 0 Å². The Bertz CT molecular complexity index is 401. The molecule has 0 amide bonds. The molecule has 0 bridgehead atoms. The summed E-state index contributed by atoms with van der Waals surface area (Å²) in [5, 5.41) is 1.29. The number of H-pyrrole nitrogens is 1. The Balaban J connectivity index is 2.84. The van der Waals surface area contributed by atoms with Gasteiger partial charge in [0.15, 0.2) is 0 Å². The summed E-state index contributed by atoms with van der Waals surface area (Å²) in [6.07, 6.45) is 4.94. The van der Waals surface area contributed by atoms with Crippen LogP contribution in [0, 0.1) is 6.92 Å². The van der Waals surface area contributed by atoms with Crippen LogP contribution in [0.3, 0.4) is 0 Å². The van der Waals surface area contributed by atoms with Gasteiger partial charge in [0.2, 0.25) is 0 Å². The molecular formula is C10H12N2. The molecule has 2 rings (SSSR count). The molecule has 0 spiro atoms. The van der Waals surface area contributed by atoms with E-state index >= 15 is 0 Å². The molecule has 0 saturated carbocycles. The lowest BCUT2D eigenvalue weighted by Crippen LogP contribution is -1.84. The summed E-state index contributed by atoms with van der Waals surface area (Å²) in [5.74, 6) is 0. The van der Waals surface area contributed by atoms with E-state index in [0.717, 1.165) is 12.1 Å². The van der Waals surface area contributed by atoms with Gasteiger partial charge in [0.1, 0.15) is 5.65 Å². The molecule has 0 fully saturated rings. The SMILES string of the molecule is CCc1ccnc2[nH]cc(C)c12. The van der Waals surface area contributed by atoms with Crippen LogP contribution < -0.4 is 0 Å². The molecule has 2 aromatic rings. The molecule has 0 atom stereocenters. The van der Waals surface area contributed by atoms with Crippen molar-refractivity contribution in [3.05, 3.63) is 29.6 Å². The van der Waals surface area contributed by atoms with Gasteiger partial charge in [0, 0.05) is 17.8 Å². The lowest BCUT2D eigenvalue weighted by Gasteiger charge is -1.98. The van der Waals surface area contributed by atoms with Gasteiger partial charge >= 0.3 is 0 Å². The molecule has 0 aromatic carbocycles. The van der Waals surface area contributed by atoms with Crippen LogP contribution in [0.5, 0.6) is 0 Å². The van der Waals surface area contributed by atoms with Crippen molar-refractivity contribution >= 4 is 11.0 Å². The van der Waals surface area contributed by atoms with Crippen LogP contribution in [0.4, 0.5) is 0 Å². The fourth-order valence-corrected chi connectivity index (χ4v) is 1.59. The highest BCUT2D eigenvalue weighted by atomic mass is 14.8. The predicted molar refractivity (Wildman–Crippen MR) is 50.2 cm³/mol. The third-order valence-electron chi connectivity index (χ3n) is 2.24. The largest absolute Gasteiger partial charge is 0.346 e. The molecule has 1 N–H and O–H groups in total. The van der Waals surface area contributed by atoms with E-state index in [4.69, 9.17) is 0 Å². The number of rotatable bonds is 1. The predicted octanol–water partition coefficient (Wildman–Crippen LogP) is 2.43. The van der Waals surface area contributed by atoms with E-state index < -0.39 is 0 Å². The van der Waals surface area contributed by atoms with Crippen LogP contribution in [-0.4, -0.2) is 9.97 Å². The number of aryl methyl sites for hydroxylation is 2. The quantitative estimate of drug-likeness (QED) is 0.682. The molecule has 0 saturated heterocycles. The fraction of sp³-hybridized carbons (Fsp3) is 0.300. The van der Waals surface area contributed by atoms with Crippen molar-refractivity contribution in [1.82, 2.24) is 9.97 Å². The van der Waals surface area contributed by atoms with E-state index in [9.17, 15) is 0 Å². The van der Waals surface area contributed by atoms with Crippen LogP contribution in [0.25, 0.3) is 11.0 Å². The van der Waals surface area contributed by atoms with Crippen LogP contribution >= 0.6 is 0 Å². The number of nitrogens with one attached hydrogen (secondary N) is 1. The van der Waals surface area contributed by atoms with Gasteiger partial charge in [0.05, 0.1) is 0 Å². The van der Waals surface area contributed by atoms with Crippen LogP contribution in [0.15, 0.2) is 18.5 Å². The second kappa shape index (κ2) is 2.63. The van der Waals surface area contributed by atoms with E-state index in [1.165, 1.54) is 16.5 Å². The Morgan fingerprint density at radius 1 is 1.50 bits per heavy atom. The minimum Gasteiger partial charge on any atom is -0.346 e. The average Bonchev–Trinajstić information content (AvgIpc) is 2.48. The van der Waals surface area contributed by atoms with Gasteiger partial charge in [-0.25, -0.2) is 4.98 Å². The smallest absolute Gasteiger partial charge is 0.137 e. The topological polar surface area (TPSA) is 28.7 Å². The molecule has 2 heteroatoms. The number of aromatic nitrogens is 2. The highest BCUT2D eigenvalue weighted by Gasteiger charge is 2.03. The Morgan fingerprint density at radius 2 is 2.33 bits per heavy atom. The maximum absolute atomic E-state index is 4.26. The zero-order valence-corrected chi connectivity index (χ0v) is 7.39. The molecule has 62 valence electrons. The normalized spacial score (nSPS) is 10.8. The Hall–Kier alpha value is -1.31. The Morgan fingerprint density at radius 3 is 3.08 bits per heavy atom. The van der Waals surface area contributed by atoms with Crippen LogP contribution in [0.1, 0.15) is 18.1 Å². The maximum Gasteiger partial charge on any atom is 0.137 e. The van der Waals surface area contributed by atoms with Crippen molar-refractivity contribution in [2.24, 2.45) is 0 Å². The highest BCUT2D eigenvalue weighted by molar-refractivity contribution is 5.82. The molecule has 0 unspecified atom stereocenters. The lowest BCUT2D eigenvalue weighted by atomic mass is 10.1. The van der Waals surface area contributed by atoms with Gasteiger partial charge in [0.25, 0.3) is 0 Å². The van der Waals surface area contributed by atoms with E-state index in [2.05, 4.69) is 29.9 Å². The Kier molecular flexibility index (Phi) is 1.61. The third-order valence-corrected chi connectivity index (χ3v) is 2.24. The molecule has 0 aliphatic heterocycles. The van der Waals surface area contributed by atoms with Gasteiger partial charge in [-0.05, 0) is 30.5 Å². The molecule has 2 aromatic heterocycles. The fourth-order valence-electron chi connectivity index (χ4n) is 1.59. The molecule has 0 aliphatic rings. The molecular weight excluding hydrogens is 148 g/mol. The highest BCUT2D eigenvalue weighted by Crippen LogP contribution is 2.19. The Labute approximate surface area is 71.6 Å². The van der Waals surface area contributed by atoms with Crippen LogP contribution in [-0.2, 0) is 6.42 Å². The van der Waals surface area contributed by atoms with E-state index in [0.29, 0.717) is 0 Å². The molecule has 2 heterocycles. The van der Waals surface area contributed by atoms with Gasteiger partial charge in [-0.1, -0.05) is 6.92 Å². The summed E-state index contributed by atoms with van der Waals surface area (Å²) in [6, 6.07) is 2.09. The van der Waals surface area contributed by atoms with E-state index in [-0.39, 0.29) is 0 Å². The molecule has 2 nitrogen and oxygen atoms in total. The second-order valence-electron chi connectivity index (χ2n) is 3.02. The first-order chi connectivity index (χ1) is 5.83. The summed E-state index contributed by atoms with van der Waals surface area (Å²) in [5.41, 5.74) is 3.67. The number of fused-ring (bicyclic) bond motifs is 1. The molecule has 0 radical (unpaired) electrons. The van der Waals surface area contributed by atoms with Gasteiger partial charge in [-0.15, -0.1) is 0 Å². The summed E-state index contributed by atoms with van der Waals surface area (Å²) >= 11 is 0. The summed E-state index contributed by atoms with van der Waals surface area (Å²) in [7, 11) is 0. The second-order valence-corrected chi connectivity index (χ2v) is 3.02. The zero-order valence-electron chi connectivity index (χ0n) is 7.39. The van der Waals surface area contributed by atoms with Crippen molar-refractivity contribution in [2.75, 3.05) is 0 Å². The van der Waals surface area contributed by atoms with Gasteiger partial charge < -0.3 is 4.98 Å². The number of pyridine rings is 1. The summed E-state index contributed by atoms with van der Waals surface area (Å²) in [4.78, 5) is 7.41. The minimum absolute atomic E-state index is 1.01. The van der Waals surface area contributed by atoms with Crippen molar-refractivity contribution in [2.45, 2.75) is 20.3 Å². The maximum atomic E-state index is 4.26. The first-order valence-corrected chi connectivity index (χ1v) is 4.24. The summed E-state index contributed by atoms with van der Waals surface area (Å²) in [6.45, 7) is 4.28. The van der Waals surface area contributed by atoms with Gasteiger partial charge in [-0.2, -0.15) is 0 Å². The van der Waals surface area contributed by atoms with Crippen molar-refractivity contribution < 1.29 is 0 Å². The number of aromatic amines is 1. The molecule has 0 aliphatic carbocycles. The average molecular weight is 160 g/mol. The van der Waals surface area contributed by atoms with Crippen molar-refractivity contribution in [3.63, 3.8) is 0 Å². The zero-order chi connectivity index (χ0) is 8.55. The van der Waals surface area contributed by atoms with Crippen molar-refractivity contribution in [1.29, 1.82) is 0 Å². The monoisotopic (exact) mass is 160 g/mol. The third kappa shape index (κ3) is 0.916. The standard InChI is InChI=1S/C10H12N2/c1-3-8-4-5-11-10-9(8)7(2)6-12-10/h4-6H,3H2,1-2H3,(H,11,12). The first kappa shape index (κ1) is 7.35. The number of hydrogen-bond donors (Lipinski definition) is 1. The van der Waals surface area contributed by atoms with E-state index in [1.807, 2.05) is 12.4 Å². The summed E-state index contributed by atoms with van der Waals surface area (Å²) < 4.78 is 0. The van der Waals surface area contributed by atoms with E-state index in [1.54, 1.807) is 0 Å². The number of hydrogen-bond acceptors (Lipinski definition) is 1.